The zero-order chi connectivity index (χ0) is 13.7. The Morgan fingerprint density at radius 1 is 1.67 bits per heavy atom. The van der Waals surface area contributed by atoms with Crippen LogP contribution in [0.2, 0.25) is 0 Å². The van der Waals surface area contributed by atoms with Crippen LogP contribution in [-0.4, -0.2) is 53.7 Å². The van der Waals surface area contributed by atoms with Crippen molar-refractivity contribution in [3.8, 4) is 0 Å². The van der Waals surface area contributed by atoms with E-state index in [9.17, 15) is 9.59 Å². The molecule has 1 saturated heterocycles. The van der Waals surface area contributed by atoms with E-state index >= 15 is 0 Å². The number of urea groups is 1. The van der Waals surface area contributed by atoms with Crippen LogP contribution >= 0.6 is 0 Å². The summed E-state index contributed by atoms with van der Waals surface area (Å²) in [5.41, 5.74) is 0. The van der Waals surface area contributed by atoms with Crippen LogP contribution in [0.15, 0.2) is 0 Å². The second-order valence-corrected chi connectivity index (χ2v) is 4.43. The lowest BCUT2D eigenvalue weighted by Gasteiger charge is -2.27. The fraction of sp³-hybridized carbons (Fsp3) is 0.727. The molecule has 1 heterocycles. The van der Waals surface area contributed by atoms with Gasteiger partial charge in [0.25, 0.3) is 0 Å². The van der Waals surface area contributed by atoms with Crippen molar-refractivity contribution in [1.82, 2.24) is 15.2 Å². The predicted molar refractivity (Wildman–Crippen MR) is 68.1 cm³/mol. The van der Waals surface area contributed by atoms with Gasteiger partial charge in [-0.1, -0.05) is 6.92 Å². The minimum absolute atomic E-state index is 0.210. The van der Waals surface area contributed by atoms with Crippen LogP contribution in [-0.2, 0) is 4.79 Å². The highest BCUT2D eigenvalue weighted by Gasteiger charge is 2.35. The summed E-state index contributed by atoms with van der Waals surface area (Å²) in [5, 5.41) is 10.9. The molecule has 0 spiro atoms. The predicted octanol–water partition coefficient (Wildman–Crippen LogP) is -0.0793. The fourth-order valence-electron chi connectivity index (χ4n) is 2.01. The van der Waals surface area contributed by atoms with E-state index in [1.165, 1.54) is 18.2 Å². The number of rotatable bonds is 4. The fourth-order valence-corrected chi connectivity index (χ4v) is 2.01. The smallest absolute Gasteiger partial charge is 0.334 e. The lowest BCUT2D eigenvalue weighted by atomic mass is 10.1. The van der Waals surface area contributed by atoms with Crippen molar-refractivity contribution in [3.63, 3.8) is 0 Å². The number of carbonyl (C=O) groups is 2. The normalized spacial score (nSPS) is 20.4. The third kappa shape index (κ3) is 3.19. The third-order valence-corrected chi connectivity index (χ3v) is 3.07. The third-order valence-electron chi connectivity index (χ3n) is 3.07. The lowest BCUT2D eigenvalue weighted by molar-refractivity contribution is -0.125. The molecule has 0 aromatic heterocycles. The van der Waals surface area contributed by atoms with Crippen molar-refractivity contribution in [1.29, 1.82) is 5.41 Å². The summed E-state index contributed by atoms with van der Waals surface area (Å²) in [5.74, 6) is 5.20. The van der Waals surface area contributed by atoms with Gasteiger partial charge in [0.1, 0.15) is 6.04 Å². The van der Waals surface area contributed by atoms with E-state index in [-0.39, 0.29) is 18.0 Å². The molecule has 102 valence electrons. The molecule has 1 aliphatic heterocycles. The first kappa shape index (κ1) is 14.4. The molecule has 0 unspecified atom stereocenters. The number of hydrogen-bond donors (Lipinski definition) is 3. The molecule has 0 radical (unpaired) electrons. The second kappa shape index (κ2) is 6.34. The molecule has 3 amide bonds. The van der Waals surface area contributed by atoms with Gasteiger partial charge in [-0.3, -0.25) is 9.80 Å². The Kier molecular flexibility index (Phi) is 5.08. The minimum atomic E-state index is -0.475. The first-order valence-corrected chi connectivity index (χ1v) is 6.11. The lowest BCUT2D eigenvalue weighted by Crippen LogP contribution is -2.53. The molecule has 18 heavy (non-hydrogen) atoms. The molecular formula is C11H21N5O2. The molecule has 0 aromatic carbocycles. The van der Waals surface area contributed by atoms with Crippen molar-refractivity contribution in [2.24, 2.45) is 5.84 Å². The molecule has 0 aromatic rings. The first-order chi connectivity index (χ1) is 8.51. The Hall–Kier alpha value is -1.63. The van der Waals surface area contributed by atoms with E-state index < -0.39 is 6.04 Å². The first-order valence-electron chi connectivity index (χ1n) is 6.11. The number of hydrogen-bond acceptors (Lipinski definition) is 4. The highest BCUT2D eigenvalue weighted by Crippen LogP contribution is 2.18. The summed E-state index contributed by atoms with van der Waals surface area (Å²) in [6.07, 6.45) is 3.29. The zero-order valence-electron chi connectivity index (χ0n) is 10.8. The van der Waals surface area contributed by atoms with Crippen LogP contribution < -0.4 is 11.2 Å². The monoisotopic (exact) mass is 255 g/mol. The number of likely N-dealkylation sites (tertiary alicyclic amines) is 1. The topological polar surface area (TPSA) is 103 Å². The number of nitrogens with one attached hydrogen (secondary N) is 2. The summed E-state index contributed by atoms with van der Waals surface area (Å²) in [7, 11) is 1.46. The quantitative estimate of drug-likeness (QED) is 0.283. The summed E-state index contributed by atoms with van der Waals surface area (Å²) in [6.45, 7) is 2.43. The number of amides is 3. The van der Waals surface area contributed by atoms with Crippen molar-refractivity contribution in [3.05, 3.63) is 0 Å². The molecule has 1 aliphatic rings. The van der Waals surface area contributed by atoms with Crippen molar-refractivity contribution < 1.29 is 9.59 Å². The summed E-state index contributed by atoms with van der Waals surface area (Å²) < 4.78 is 0. The maximum atomic E-state index is 12.0. The second-order valence-electron chi connectivity index (χ2n) is 4.43. The van der Waals surface area contributed by atoms with Gasteiger partial charge in [0.05, 0.1) is 6.04 Å². The van der Waals surface area contributed by atoms with Gasteiger partial charge >= 0.3 is 6.03 Å². The van der Waals surface area contributed by atoms with E-state index in [1.54, 1.807) is 0 Å². The molecule has 0 saturated carbocycles. The van der Waals surface area contributed by atoms with Gasteiger partial charge in [-0.25, -0.2) is 10.6 Å². The van der Waals surface area contributed by atoms with Gasteiger partial charge in [-0.2, -0.15) is 0 Å². The highest BCUT2D eigenvalue weighted by molar-refractivity contribution is 5.89. The minimum Gasteiger partial charge on any atom is -0.347 e. The molecular weight excluding hydrogens is 234 g/mol. The number of hydrazine groups is 1. The molecule has 1 rings (SSSR count). The standard InChI is InChI=1S/C11H21N5O2/c1-3-8(7-12)14-10(17)9-5-4-6-16(9)11(18)15(2)13/h7-9,12H,3-6,13H2,1-2H3,(H,14,17)/t8-,9-/m0/s1. The summed E-state index contributed by atoms with van der Waals surface area (Å²) in [6, 6.07) is -1.10. The van der Waals surface area contributed by atoms with Crippen LogP contribution in [0.3, 0.4) is 0 Å². The zero-order valence-corrected chi connectivity index (χ0v) is 10.8. The van der Waals surface area contributed by atoms with E-state index in [0.29, 0.717) is 19.4 Å². The van der Waals surface area contributed by atoms with Crippen molar-refractivity contribution >= 4 is 18.2 Å². The van der Waals surface area contributed by atoms with Gasteiger partial charge in [-0.15, -0.1) is 0 Å². The van der Waals surface area contributed by atoms with Crippen LogP contribution in [0.25, 0.3) is 0 Å². The highest BCUT2D eigenvalue weighted by atomic mass is 16.2. The molecule has 4 N–H and O–H groups in total. The van der Waals surface area contributed by atoms with Gasteiger partial charge in [0, 0.05) is 19.8 Å². The van der Waals surface area contributed by atoms with Crippen LogP contribution in [0.5, 0.6) is 0 Å². The van der Waals surface area contributed by atoms with Crippen LogP contribution in [0.4, 0.5) is 4.79 Å². The number of carbonyl (C=O) groups excluding carboxylic acids is 2. The maximum Gasteiger partial charge on any atom is 0.334 e. The Bertz CT molecular complexity index is 331. The van der Waals surface area contributed by atoms with Crippen molar-refractivity contribution in [2.45, 2.75) is 38.3 Å². The largest absolute Gasteiger partial charge is 0.347 e. The summed E-state index contributed by atoms with van der Waals surface area (Å²) in [4.78, 5) is 25.3. The Morgan fingerprint density at radius 2 is 2.33 bits per heavy atom. The molecule has 7 heteroatoms. The molecule has 0 aliphatic carbocycles. The maximum absolute atomic E-state index is 12.0. The van der Waals surface area contributed by atoms with E-state index in [1.807, 2.05) is 6.92 Å². The van der Waals surface area contributed by atoms with Gasteiger partial charge in [-0.05, 0) is 19.3 Å². The Morgan fingerprint density at radius 3 is 2.83 bits per heavy atom. The molecule has 1 fully saturated rings. The number of nitrogens with zero attached hydrogens (tertiary/aromatic N) is 2. The van der Waals surface area contributed by atoms with E-state index in [4.69, 9.17) is 11.3 Å². The number of nitrogens with two attached hydrogens (primary N) is 1. The van der Waals surface area contributed by atoms with Crippen LogP contribution in [0, 0.1) is 5.41 Å². The van der Waals surface area contributed by atoms with Crippen LogP contribution in [0.1, 0.15) is 26.2 Å². The molecule has 2 atom stereocenters. The van der Waals surface area contributed by atoms with Gasteiger partial charge < -0.3 is 15.6 Å². The van der Waals surface area contributed by atoms with Crippen molar-refractivity contribution in [2.75, 3.05) is 13.6 Å². The average molecular weight is 255 g/mol. The van der Waals surface area contributed by atoms with Gasteiger partial charge in [0.15, 0.2) is 0 Å². The Labute approximate surface area is 107 Å². The van der Waals surface area contributed by atoms with E-state index in [0.717, 1.165) is 11.4 Å². The Balaban J connectivity index is 2.66. The van der Waals surface area contributed by atoms with E-state index in [2.05, 4.69) is 5.32 Å². The molecule has 7 nitrogen and oxygen atoms in total. The van der Waals surface area contributed by atoms with Gasteiger partial charge in [0.2, 0.25) is 5.91 Å². The average Bonchev–Trinajstić information content (AvgIpc) is 2.83. The summed E-state index contributed by atoms with van der Waals surface area (Å²) >= 11 is 0. The molecule has 0 bridgehead atoms. The SMILES string of the molecule is CC[C@@H](C=N)NC(=O)[C@@H]1CCCN1C(=O)N(C)N.